The number of amides is 1. The maximum atomic E-state index is 11.9. The van der Waals surface area contributed by atoms with Crippen molar-refractivity contribution < 1.29 is 27.8 Å². The highest BCUT2D eigenvalue weighted by Gasteiger charge is 2.21. The van der Waals surface area contributed by atoms with Gasteiger partial charge in [-0.2, -0.15) is 0 Å². The smallest absolute Gasteiger partial charge is 0.408 e. The number of nitrogens with one attached hydrogen (secondary N) is 2. The van der Waals surface area contributed by atoms with Crippen molar-refractivity contribution in [3.8, 4) is 5.75 Å². The number of ether oxygens (including phenoxy) is 2. The Morgan fingerprint density at radius 3 is 2.33 bits per heavy atom. The van der Waals surface area contributed by atoms with Gasteiger partial charge in [0, 0.05) is 17.0 Å². The molecule has 0 aliphatic rings. The molecule has 0 saturated carbocycles. The number of benzene rings is 1. The van der Waals surface area contributed by atoms with E-state index in [0.717, 1.165) is 0 Å². The lowest BCUT2D eigenvalue weighted by Gasteiger charge is -2.21. The number of hydrogen-bond acceptors (Lipinski definition) is 6. The second kappa shape index (κ2) is 8.65. The minimum absolute atomic E-state index is 0.239. The van der Waals surface area contributed by atoms with Crippen LogP contribution in [0.5, 0.6) is 5.75 Å². The fourth-order valence-electron chi connectivity index (χ4n) is 1.56. The van der Waals surface area contributed by atoms with Gasteiger partial charge in [0.1, 0.15) is 18.0 Å². The van der Waals surface area contributed by atoms with Gasteiger partial charge >= 0.3 is 6.09 Å². The number of anilines is 1. The summed E-state index contributed by atoms with van der Waals surface area (Å²) in [4.78, 5) is 23.5. The number of alkyl carbamates (subject to hydrolysis) is 1. The minimum Gasteiger partial charge on any atom is -0.755 e. The number of carbonyl (C=O) groups is 2. The predicted octanol–water partition coefficient (Wildman–Crippen LogP) is 1.75. The van der Waals surface area contributed by atoms with Crippen molar-refractivity contribution in [2.45, 2.75) is 39.3 Å². The number of hydrogen-bond donors (Lipinski definition) is 2. The summed E-state index contributed by atoms with van der Waals surface area (Å²) in [6.45, 7) is 6.47. The van der Waals surface area contributed by atoms with Gasteiger partial charge in [-0.05, 0) is 52.0 Å². The van der Waals surface area contributed by atoms with Crippen LogP contribution in [0.1, 0.15) is 27.7 Å². The normalized spacial score (nSPS) is 13.5. The molecule has 0 aliphatic heterocycles. The Kier molecular flexibility index (Phi) is 7.18. The van der Waals surface area contributed by atoms with E-state index in [2.05, 4.69) is 10.0 Å². The number of carbonyl (C=O) groups excluding carboxylic acids is 2. The van der Waals surface area contributed by atoms with Gasteiger partial charge in [0.05, 0.1) is 6.04 Å². The first-order valence-electron chi connectivity index (χ1n) is 7.18. The summed E-state index contributed by atoms with van der Waals surface area (Å²) in [5.41, 5.74) is -0.269. The molecule has 134 valence electrons. The third-order valence-electron chi connectivity index (χ3n) is 2.65. The highest BCUT2D eigenvalue weighted by atomic mass is 32.2. The molecule has 0 fully saturated rings. The van der Waals surface area contributed by atoms with Gasteiger partial charge in [-0.3, -0.25) is 9.00 Å². The van der Waals surface area contributed by atoms with Gasteiger partial charge < -0.3 is 24.1 Å². The summed E-state index contributed by atoms with van der Waals surface area (Å²) in [7, 11) is 0. The molecule has 0 aromatic heterocycles. The SMILES string of the molecule is C[C@H](NC(=O)OC(C)(C)C)C(=O)COc1ccc(NS(=O)[O-])cc1. The molecule has 2 atom stereocenters. The van der Waals surface area contributed by atoms with E-state index < -0.39 is 29.0 Å². The van der Waals surface area contributed by atoms with Gasteiger partial charge in [-0.15, -0.1) is 0 Å². The van der Waals surface area contributed by atoms with Crippen LogP contribution in [0.15, 0.2) is 24.3 Å². The molecule has 8 nitrogen and oxygen atoms in total. The first kappa shape index (κ1) is 19.9. The van der Waals surface area contributed by atoms with Crippen LogP contribution in [0.4, 0.5) is 10.5 Å². The zero-order valence-electron chi connectivity index (χ0n) is 14.0. The molecule has 2 N–H and O–H groups in total. The molecular weight excluding hydrogens is 336 g/mol. The third kappa shape index (κ3) is 7.93. The highest BCUT2D eigenvalue weighted by molar-refractivity contribution is 7.80. The van der Waals surface area contributed by atoms with Gasteiger partial charge in [0.2, 0.25) is 0 Å². The summed E-state index contributed by atoms with van der Waals surface area (Å²) in [6.07, 6.45) is -0.676. The summed E-state index contributed by atoms with van der Waals surface area (Å²) < 4.78 is 33.5. The zero-order valence-corrected chi connectivity index (χ0v) is 14.8. The maximum Gasteiger partial charge on any atom is 0.408 e. The average Bonchev–Trinajstić information content (AvgIpc) is 2.43. The lowest BCUT2D eigenvalue weighted by Crippen LogP contribution is -2.43. The van der Waals surface area contributed by atoms with E-state index >= 15 is 0 Å². The Morgan fingerprint density at radius 2 is 1.83 bits per heavy atom. The van der Waals surface area contributed by atoms with E-state index in [4.69, 9.17) is 9.47 Å². The standard InChI is InChI=1S/C15H22N2O6S/c1-10(16-14(19)23-15(2,3)4)13(18)9-22-12-7-5-11(6-8-12)17-24(20)21/h5-8,10,17H,9H2,1-4H3,(H,16,19)(H,20,21)/p-1/t10-/m0/s1. The molecule has 0 aliphatic carbocycles. The van der Waals surface area contributed by atoms with Crippen molar-refractivity contribution in [1.29, 1.82) is 0 Å². The number of ketones is 1. The van der Waals surface area contributed by atoms with Crippen molar-refractivity contribution in [3.63, 3.8) is 0 Å². The lowest BCUT2D eigenvalue weighted by atomic mass is 10.2. The van der Waals surface area contributed by atoms with E-state index in [9.17, 15) is 18.4 Å². The van der Waals surface area contributed by atoms with Gasteiger partial charge in [0.25, 0.3) is 0 Å². The predicted molar refractivity (Wildman–Crippen MR) is 88.3 cm³/mol. The van der Waals surface area contributed by atoms with E-state index in [1.54, 1.807) is 20.8 Å². The summed E-state index contributed by atoms with van der Waals surface area (Å²) in [6, 6.07) is 5.28. The van der Waals surface area contributed by atoms with Crippen molar-refractivity contribution in [1.82, 2.24) is 5.32 Å². The monoisotopic (exact) mass is 357 g/mol. The largest absolute Gasteiger partial charge is 0.755 e. The topological polar surface area (TPSA) is 117 Å². The van der Waals surface area contributed by atoms with Crippen LogP contribution in [0, 0.1) is 0 Å². The van der Waals surface area contributed by atoms with E-state index in [0.29, 0.717) is 11.4 Å². The molecule has 1 rings (SSSR count). The van der Waals surface area contributed by atoms with E-state index in [-0.39, 0.29) is 12.4 Å². The van der Waals surface area contributed by atoms with Crippen LogP contribution in [0.2, 0.25) is 0 Å². The molecule has 1 aromatic carbocycles. The molecule has 0 bridgehead atoms. The average molecular weight is 357 g/mol. The van der Waals surface area contributed by atoms with Crippen molar-refractivity contribution in [2.75, 3.05) is 11.3 Å². The summed E-state index contributed by atoms with van der Waals surface area (Å²) in [5, 5.41) is 2.43. The number of Topliss-reactive ketones (excluding diaryl/α,β-unsaturated/α-hetero) is 1. The molecule has 0 spiro atoms. The fourth-order valence-corrected chi connectivity index (χ4v) is 1.89. The third-order valence-corrected chi connectivity index (χ3v) is 3.06. The van der Waals surface area contributed by atoms with Gasteiger partial charge in [0.15, 0.2) is 5.78 Å². The van der Waals surface area contributed by atoms with Crippen molar-refractivity contribution in [2.24, 2.45) is 0 Å². The molecular formula is C15H21N2O6S-. The Balaban J connectivity index is 2.44. The van der Waals surface area contributed by atoms with Crippen LogP contribution >= 0.6 is 0 Å². The van der Waals surface area contributed by atoms with Crippen LogP contribution < -0.4 is 14.8 Å². The highest BCUT2D eigenvalue weighted by Crippen LogP contribution is 2.16. The molecule has 1 unspecified atom stereocenters. The van der Waals surface area contributed by atoms with Gasteiger partial charge in [-0.25, -0.2) is 4.79 Å². The van der Waals surface area contributed by atoms with Crippen LogP contribution in [0.3, 0.4) is 0 Å². The van der Waals surface area contributed by atoms with Crippen molar-refractivity contribution in [3.05, 3.63) is 24.3 Å². The summed E-state index contributed by atoms with van der Waals surface area (Å²) in [5.74, 6) is 0.0683. The Morgan fingerprint density at radius 1 is 1.25 bits per heavy atom. The van der Waals surface area contributed by atoms with Gasteiger partial charge in [-0.1, -0.05) is 0 Å². The van der Waals surface area contributed by atoms with Crippen molar-refractivity contribution >= 4 is 28.8 Å². The van der Waals surface area contributed by atoms with Crippen LogP contribution in [-0.4, -0.2) is 38.9 Å². The molecule has 24 heavy (non-hydrogen) atoms. The summed E-state index contributed by atoms with van der Waals surface area (Å²) >= 11 is -2.40. The minimum atomic E-state index is -2.40. The molecule has 0 heterocycles. The van der Waals surface area contributed by atoms with Crippen LogP contribution in [0.25, 0.3) is 0 Å². The Hall–Kier alpha value is -2.13. The first-order valence-corrected chi connectivity index (χ1v) is 8.25. The molecule has 1 aromatic rings. The molecule has 9 heteroatoms. The first-order chi connectivity index (χ1) is 11.1. The quantitative estimate of drug-likeness (QED) is 0.718. The second-order valence-corrected chi connectivity index (χ2v) is 6.66. The van der Waals surface area contributed by atoms with E-state index in [1.165, 1.54) is 31.2 Å². The Labute approximate surface area is 143 Å². The molecule has 0 radical (unpaired) electrons. The molecule has 1 amide bonds. The Bertz CT molecular complexity index is 597. The van der Waals surface area contributed by atoms with E-state index in [1.807, 2.05) is 0 Å². The number of rotatable bonds is 7. The zero-order chi connectivity index (χ0) is 18.3. The molecule has 0 saturated heterocycles. The maximum absolute atomic E-state index is 11.9. The fraction of sp³-hybridized carbons (Fsp3) is 0.467. The second-order valence-electron chi connectivity index (χ2n) is 5.98. The lowest BCUT2D eigenvalue weighted by molar-refractivity contribution is -0.122. The van der Waals surface area contributed by atoms with Crippen LogP contribution in [-0.2, 0) is 20.8 Å².